The number of nitrogens with zero attached hydrogens (tertiary/aromatic N) is 2. The SMILES string of the molecule is CCN(C(=O)Cc1ccc(N)cn1)C(C)COC. The predicted octanol–water partition coefficient (Wildman–Crippen LogP) is 1.09. The van der Waals surface area contributed by atoms with Crippen LogP contribution in [0, 0.1) is 0 Å². The van der Waals surface area contributed by atoms with Gasteiger partial charge in [-0.1, -0.05) is 0 Å². The summed E-state index contributed by atoms with van der Waals surface area (Å²) >= 11 is 0. The molecule has 1 amide bonds. The lowest BCUT2D eigenvalue weighted by molar-refractivity contribution is -0.133. The molecule has 0 aliphatic heterocycles. The molecule has 1 heterocycles. The van der Waals surface area contributed by atoms with Gasteiger partial charge in [-0.3, -0.25) is 9.78 Å². The molecule has 100 valence electrons. The predicted molar refractivity (Wildman–Crippen MR) is 71.1 cm³/mol. The summed E-state index contributed by atoms with van der Waals surface area (Å²) in [5.41, 5.74) is 6.89. The second kappa shape index (κ2) is 6.96. The summed E-state index contributed by atoms with van der Waals surface area (Å²) in [6.45, 7) is 5.13. The van der Waals surface area contributed by atoms with Crippen LogP contribution in [0.2, 0.25) is 0 Å². The molecule has 5 nitrogen and oxygen atoms in total. The fourth-order valence-corrected chi connectivity index (χ4v) is 1.86. The van der Waals surface area contributed by atoms with Gasteiger partial charge in [0, 0.05) is 19.3 Å². The number of carbonyl (C=O) groups excluding carboxylic acids is 1. The number of hydrogen-bond acceptors (Lipinski definition) is 4. The van der Waals surface area contributed by atoms with Gasteiger partial charge in [0.1, 0.15) is 0 Å². The molecule has 0 spiro atoms. The molecule has 0 bridgehead atoms. The second-order valence-electron chi connectivity index (χ2n) is 4.24. The van der Waals surface area contributed by atoms with Crippen molar-refractivity contribution in [1.29, 1.82) is 0 Å². The van der Waals surface area contributed by atoms with E-state index in [1.165, 1.54) is 0 Å². The van der Waals surface area contributed by atoms with Crippen molar-refractivity contribution in [2.75, 3.05) is 26.0 Å². The molecule has 0 aliphatic carbocycles. The molecule has 0 aromatic carbocycles. The van der Waals surface area contributed by atoms with Gasteiger partial charge in [-0.25, -0.2) is 0 Å². The maximum atomic E-state index is 12.1. The van der Waals surface area contributed by atoms with E-state index < -0.39 is 0 Å². The summed E-state index contributed by atoms with van der Waals surface area (Å²) in [6.07, 6.45) is 1.86. The summed E-state index contributed by atoms with van der Waals surface area (Å²) < 4.78 is 5.08. The quantitative estimate of drug-likeness (QED) is 0.821. The van der Waals surface area contributed by atoms with Crippen LogP contribution in [0.5, 0.6) is 0 Å². The molecule has 18 heavy (non-hydrogen) atoms. The van der Waals surface area contributed by atoms with Crippen molar-refractivity contribution in [3.8, 4) is 0 Å². The van der Waals surface area contributed by atoms with Crippen LogP contribution in [0.1, 0.15) is 19.5 Å². The normalized spacial score (nSPS) is 12.2. The maximum absolute atomic E-state index is 12.1. The number of anilines is 1. The number of amides is 1. The van der Waals surface area contributed by atoms with Crippen LogP contribution < -0.4 is 5.73 Å². The smallest absolute Gasteiger partial charge is 0.228 e. The zero-order valence-corrected chi connectivity index (χ0v) is 11.2. The average Bonchev–Trinajstić information content (AvgIpc) is 2.33. The molecule has 0 saturated carbocycles. The summed E-state index contributed by atoms with van der Waals surface area (Å²) in [7, 11) is 1.64. The third-order valence-corrected chi connectivity index (χ3v) is 2.78. The minimum atomic E-state index is 0.0549. The molecule has 1 unspecified atom stereocenters. The lowest BCUT2D eigenvalue weighted by Gasteiger charge is -2.27. The summed E-state index contributed by atoms with van der Waals surface area (Å²) in [5.74, 6) is 0.0549. The molecule has 5 heteroatoms. The van der Waals surface area contributed by atoms with Crippen molar-refractivity contribution in [2.45, 2.75) is 26.3 Å². The van der Waals surface area contributed by atoms with Crippen molar-refractivity contribution < 1.29 is 9.53 Å². The number of nitrogen functional groups attached to an aromatic ring is 1. The number of methoxy groups -OCH3 is 1. The fraction of sp³-hybridized carbons (Fsp3) is 0.538. The number of likely N-dealkylation sites (N-methyl/N-ethyl adjacent to an activating group) is 1. The van der Waals surface area contributed by atoms with Gasteiger partial charge in [-0.2, -0.15) is 0 Å². The first-order valence-corrected chi connectivity index (χ1v) is 6.07. The lowest BCUT2D eigenvalue weighted by atomic mass is 10.2. The summed E-state index contributed by atoms with van der Waals surface area (Å²) in [4.78, 5) is 18.1. The van der Waals surface area contributed by atoms with E-state index in [1.54, 1.807) is 30.3 Å². The highest BCUT2D eigenvalue weighted by molar-refractivity contribution is 5.78. The molecular formula is C13H21N3O2. The van der Waals surface area contributed by atoms with E-state index in [9.17, 15) is 4.79 Å². The third-order valence-electron chi connectivity index (χ3n) is 2.78. The van der Waals surface area contributed by atoms with Crippen LogP contribution in [0.3, 0.4) is 0 Å². The van der Waals surface area contributed by atoms with Crippen molar-refractivity contribution >= 4 is 11.6 Å². The Balaban J connectivity index is 2.64. The number of hydrogen-bond donors (Lipinski definition) is 1. The number of aromatic nitrogens is 1. The Morgan fingerprint density at radius 2 is 2.28 bits per heavy atom. The lowest BCUT2D eigenvalue weighted by Crippen LogP contribution is -2.41. The number of rotatable bonds is 6. The first-order valence-electron chi connectivity index (χ1n) is 6.07. The molecule has 1 aromatic rings. The van der Waals surface area contributed by atoms with Crippen molar-refractivity contribution in [3.63, 3.8) is 0 Å². The molecular weight excluding hydrogens is 230 g/mol. The van der Waals surface area contributed by atoms with Gasteiger partial charge in [-0.05, 0) is 26.0 Å². The molecule has 0 aliphatic rings. The van der Waals surface area contributed by atoms with Gasteiger partial charge < -0.3 is 15.4 Å². The van der Waals surface area contributed by atoms with Crippen LogP contribution in [-0.4, -0.2) is 42.1 Å². The number of nitrogens with two attached hydrogens (primary N) is 1. The Labute approximate surface area is 108 Å². The Morgan fingerprint density at radius 1 is 1.56 bits per heavy atom. The first kappa shape index (κ1) is 14.4. The van der Waals surface area contributed by atoms with Gasteiger partial charge in [0.05, 0.1) is 31.0 Å². The van der Waals surface area contributed by atoms with Crippen LogP contribution in [0.15, 0.2) is 18.3 Å². The van der Waals surface area contributed by atoms with Gasteiger partial charge in [-0.15, -0.1) is 0 Å². The van der Waals surface area contributed by atoms with E-state index in [1.807, 2.05) is 13.8 Å². The van der Waals surface area contributed by atoms with E-state index in [-0.39, 0.29) is 11.9 Å². The van der Waals surface area contributed by atoms with E-state index in [4.69, 9.17) is 10.5 Å². The highest BCUT2D eigenvalue weighted by Gasteiger charge is 2.18. The molecule has 1 atom stereocenters. The van der Waals surface area contributed by atoms with Crippen LogP contribution in [0.25, 0.3) is 0 Å². The Kier molecular flexibility index (Phi) is 5.58. The van der Waals surface area contributed by atoms with Crippen molar-refractivity contribution in [1.82, 2.24) is 9.88 Å². The van der Waals surface area contributed by atoms with Crippen molar-refractivity contribution in [3.05, 3.63) is 24.0 Å². The standard InChI is InChI=1S/C13H21N3O2/c1-4-16(10(2)9-18-3)13(17)7-12-6-5-11(14)8-15-12/h5-6,8,10H,4,7,9,14H2,1-3H3. The van der Waals surface area contributed by atoms with Crippen LogP contribution in [-0.2, 0) is 16.0 Å². The number of pyridine rings is 1. The third kappa shape index (κ3) is 4.00. The minimum Gasteiger partial charge on any atom is -0.397 e. The first-order chi connectivity index (χ1) is 8.58. The van der Waals surface area contributed by atoms with Crippen LogP contribution >= 0.6 is 0 Å². The van der Waals surface area contributed by atoms with Gasteiger partial charge >= 0.3 is 0 Å². The Bertz CT molecular complexity index is 378. The summed E-state index contributed by atoms with van der Waals surface area (Å²) in [5, 5.41) is 0. The minimum absolute atomic E-state index is 0.0549. The van der Waals surface area contributed by atoms with E-state index in [2.05, 4.69) is 4.98 Å². The number of ether oxygens (including phenoxy) is 1. The zero-order valence-electron chi connectivity index (χ0n) is 11.2. The maximum Gasteiger partial charge on any atom is 0.228 e. The van der Waals surface area contributed by atoms with Crippen molar-refractivity contribution in [2.24, 2.45) is 0 Å². The number of carbonyl (C=O) groups is 1. The molecule has 0 fully saturated rings. The fourth-order valence-electron chi connectivity index (χ4n) is 1.86. The molecule has 2 N–H and O–H groups in total. The topological polar surface area (TPSA) is 68.5 Å². The largest absolute Gasteiger partial charge is 0.397 e. The zero-order chi connectivity index (χ0) is 13.5. The Hall–Kier alpha value is -1.62. The highest BCUT2D eigenvalue weighted by atomic mass is 16.5. The second-order valence-corrected chi connectivity index (χ2v) is 4.24. The summed E-state index contributed by atoms with van der Waals surface area (Å²) in [6, 6.07) is 3.60. The monoisotopic (exact) mass is 251 g/mol. The van der Waals surface area contributed by atoms with Gasteiger partial charge in [0.25, 0.3) is 0 Å². The molecule has 0 saturated heterocycles. The Morgan fingerprint density at radius 3 is 2.78 bits per heavy atom. The van der Waals surface area contributed by atoms with E-state index in [0.29, 0.717) is 25.3 Å². The van der Waals surface area contributed by atoms with E-state index >= 15 is 0 Å². The van der Waals surface area contributed by atoms with E-state index in [0.717, 1.165) is 5.69 Å². The molecule has 1 rings (SSSR count). The average molecular weight is 251 g/mol. The van der Waals surface area contributed by atoms with Gasteiger partial charge in [0.15, 0.2) is 0 Å². The van der Waals surface area contributed by atoms with Crippen LogP contribution in [0.4, 0.5) is 5.69 Å². The van der Waals surface area contributed by atoms with Gasteiger partial charge in [0.2, 0.25) is 5.91 Å². The molecule has 1 aromatic heterocycles. The highest BCUT2D eigenvalue weighted by Crippen LogP contribution is 2.06. The molecule has 0 radical (unpaired) electrons.